The maximum atomic E-state index is 5.54. The summed E-state index contributed by atoms with van der Waals surface area (Å²) in [7, 11) is 0. The Morgan fingerprint density at radius 1 is 1.20 bits per heavy atom. The van der Waals surface area contributed by atoms with Crippen molar-refractivity contribution >= 4 is 41.7 Å². The number of piperidine rings is 1. The van der Waals surface area contributed by atoms with Crippen molar-refractivity contribution in [1.29, 1.82) is 0 Å². The third-order valence-corrected chi connectivity index (χ3v) is 7.04. The van der Waals surface area contributed by atoms with Gasteiger partial charge in [0.15, 0.2) is 5.96 Å². The minimum atomic E-state index is 0. The van der Waals surface area contributed by atoms with E-state index in [9.17, 15) is 0 Å². The van der Waals surface area contributed by atoms with E-state index in [1.807, 2.05) is 11.8 Å². The summed E-state index contributed by atoms with van der Waals surface area (Å²) in [5.74, 6) is 1.00. The van der Waals surface area contributed by atoms with Crippen LogP contribution in [0.3, 0.4) is 0 Å². The van der Waals surface area contributed by atoms with Crippen LogP contribution in [-0.2, 0) is 4.74 Å². The van der Waals surface area contributed by atoms with Crippen molar-refractivity contribution in [3.8, 4) is 0 Å². The van der Waals surface area contributed by atoms with Gasteiger partial charge in [-0.3, -0.25) is 4.99 Å². The smallest absolute Gasteiger partial charge is 0.191 e. The number of hydrogen-bond donors (Lipinski definition) is 2. The summed E-state index contributed by atoms with van der Waals surface area (Å²) < 4.78 is 5.80. The highest BCUT2D eigenvalue weighted by Gasteiger charge is 2.33. The summed E-state index contributed by atoms with van der Waals surface area (Å²) in [6.45, 7) is 8.18. The lowest BCUT2D eigenvalue weighted by atomic mass is 9.99. The molecule has 0 atom stereocenters. The van der Waals surface area contributed by atoms with Crippen molar-refractivity contribution in [2.45, 2.75) is 62.3 Å². The molecule has 1 aliphatic carbocycles. The van der Waals surface area contributed by atoms with Crippen LogP contribution < -0.4 is 10.6 Å². The van der Waals surface area contributed by atoms with Gasteiger partial charge < -0.3 is 20.3 Å². The Balaban J connectivity index is 0.00000225. The maximum absolute atomic E-state index is 5.54. The Kier molecular flexibility index (Phi) is 9.11. The van der Waals surface area contributed by atoms with Crippen LogP contribution >= 0.6 is 35.7 Å². The van der Waals surface area contributed by atoms with Crippen LogP contribution in [0.2, 0.25) is 0 Å². The number of thioether (sulfide) groups is 1. The molecule has 3 fully saturated rings. The molecule has 2 saturated heterocycles. The van der Waals surface area contributed by atoms with Gasteiger partial charge in [0.25, 0.3) is 0 Å². The van der Waals surface area contributed by atoms with Crippen molar-refractivity contribution in [3.05, 3.63) is 0 Å². The van der Waals surface area contributed by atoms with Crippen molar-refractivity contribution in [1.82, 2.24) is 15.5 Å². The van der Waals surface area contributed by atoms with Crippen LogP contribution in [-0.4, -0.2) is 73.3 Å². The van der Waals surface area contributed by atoms with E-state index in [2.05, 4.69) is 28.7 Å². The van der Waals surface area contributed by atoms with Gasteiger partial charge in [0, 0.05) is 49.7 Å². The number of aliphatic imine (C=N–C) groups is 1. The molecule has 3 rings (SSSR count). The molecule has 0 aromatic heterocycles. The monoisotopic (exact) mass is 482 g/mol. The molecule has 1 saturated carbocycles. The fourth-order valence-corrected chi connectivity index (χ4v) is 4.52. The molecule has 25 heavy (non-hydrogen) atoms. The number of likely N-dealkylation sites (tertiary alicyclic amines) is 1. The van der Waals surface area contributed by atoms with E-state index in [-0.39, 0.29) is 28.7 Å². The summed E-state index contributed by atoms with van der Waals surface area (Å²) >= 11 is 1.96. The fourth-order valence-electron chi connectivity index (χ4n) is 3.76. The summed E-state index contributed by atoms with van der Waals surface area (Å²) in [6, 6.07) is 1.47. The summed E-state index contributed by atoms with van der Waals surface area (Å²) in [5.41, 5.74) is 0. The van der Waals surface area contributed by atoms with E-state index in [0.717, 1.165) is 51.1 Å². The zero-order chi connectivity index (χ0) is 16.8. The standard InChI is InChI=1S/C18H34N4OS.HI/c1-3-19-17(20-14-18(24-2)8-12-23-13-9-18)21-15-6-10-22(11-7-15)16-4-5-16;/h15-16H,3-14H2,1-2H3,(H2,19,20,21);1H. The molecule has 0 spiro atoms. The first-order chi connectivity index (χ1) is 11.7. The number of rotatable bonds is 6. The topological polar surface area (TPSA) is 48.9 Å². The minimum absolute atomic E-state index is 0. The van der Waals surface area contributed by atoms with Crippen LogP contribution in [0.15, 0.2) is 4.99 Å². The Labute approximate surface area is 174 Å². The predicted molar refractivity (Wildman–Crippen MR) is 118 cm³/mol. The molecule has 7 heteroatoms. The molecular weight excluding hydrogens is 447 g/mol. The van der Waals surface area contributed by atoms with E-state index in [1.165, 1.54) is 38.8 Å². The minimum Gasteiger partial charge on any atom is -0.381 e. The number of nitrogens with one attached hydrogen (secondary N) is 2. The van der Waals surface area contributed by atoms with Gasteiger partial charge in [0.2, 0.25) is 0 Å². The van der Waals surface area contributed by atoms with E-state index < -0.39 is 0 Å². The first-order valence-electron chi connectivity index (χ1n) is 9.66. The first-order valence-corrected chi connectivity index (χ1v) is 10.9. The Bertz CT molecular complexity index is 419. The molecule has 2 heterocycles. The van der Waals surface area contributed by atoms with Crippen LogP contribution in [0.4, 0.5) is 0 Å². The summed E-state index contributed by atoms with van der Waals surface area (Å²) in [4.78, 5) is 7.62. The van der Waals surface area contributed by atoms with E-state index in [0.29, 0.717) is 6.04 Å². The average Bonchev–Trinajstić information content (AvgIpc) is 3.46. The summed E-state index contributed by atoms with van der Waals surface area (Å²) in [5, 5.41) is 7.13. The van der Waals surface area contributed by atoms with Crippen molar-refractivity contribution in [3.63, 3.8) is 0 Å². The van der Waals surface area contributed by atoms with Crippen molar-refractivity contribution in [2.75, 3.05) is 45.6 Å². The quantitative estimate of drug-likeness (QED) is 0.347. The Morgan fingerprint density at radius 3 is 2.44 bits per heavy atom. The van der Waals surface area contributed by atoms with Crippen molar-refractivity contribution < 1.29 is 4.74 Å². The molecule has 0 amide bonds. The highest BCUT2D eigenvalue weighted by Crippen LogP contribution is 2.34. The number of guanidine groups is 1. The first kappa shape index (κ1) is 21.6. The molecule has 3 aliphatic rings. The fraction of sp³-hybridized carbons (Fsp3) is 0.944. The van der Waals surface area contributed by atoms with Gasteiger partial charge in [-0.15, -0.1) is 24.0 Å². The number of nitrogens with zero attached hydrogens (tertiary/aromatic N) is 2. The molecule has 0 aromatic carbocycles. The van der Waals surface area contributed by atoms with Gasteiger partial charge in [-0.25, -0.2) is 0 Å². The third-order valence-electron chi connectivity index (χ3n) is 5.64. The second kappa shape index (κ2) is 10.6. The van der Waals surface area contributed by atoms with Crippen LogP contribution in [0.1, 0.15) is 45.4 Å². The van der Waals surface area contributed by atoms with E-state index in [4.69, 9.17) is 9.73 Å². The SMILES string of the molecule is CCNC(=NCC1(SC)CCOCC1)NC1CCN(C2CC2)CC1.I. The van der Waals surface area contributed by atoms with Gasteiger partial charge in [-0.1, -0.05) is 0 Å². The lowest BCUT2D eigenvalue weighted by molar-refractivity contribution is 0.0794. The molecule has 0 radical (unpaired) electrons. The van der Waals surface area contributed by atoms with E-state index >= 15 is 0 Å². The normalized spacial score (nSPS) is 25.3. The zero-order valence-corrected chi connectivity index (χ0v) is 18.9. The molecule has 2 N–H and O–H groups in total. The number of halogens is 1. The van der Waals surface area contributed by atoms with Gasteiger partial charge in [0.1, 0.15) is 0 Å². The molecule has 5 nitrogen and oxygen atoms in total. The highest BCUT2D eigenvalue weighted by molar-refractivity contribution is 14.0. The van der Waals surface area contributed by atoms with Crippen LogP contribution in [0, 0.1) is 0 Å². The second-order valence-electron chi connectivity index (χ2n) is 7.38. The number of ether oxygens (including phenoxy) is 1. The largest absolute Gasteiger partial charge is 0.381 e. The molecular formula is C18H35IN4OS. The Morgan fingerprint density at radius 2 is 1.88 bits per heavy atom. The number of hydrogen-bond acceptors (Lipinski definition) is 4. The molecule has 0 bridgehead atoms. The molecule has 146 valence electrons. The second-order valence-corrected chi connectivity index (χ2v) is 8.65. The average molecular weight is 482 g/mol. The van der Waals surface area contributed by atoms with Gasteiger partial charge in [-0.2, -0.15) is 11.8 Å². The Hall–Kier alpha value is 0.270. The predicted octanol–water partition coefficient (Wildman–Crippen LogP) is 2.70. The van der Waals surface area contributed by atoms with E-state index in [1.54, 1.807) is 0 Å². The lowest BCUT2D eigenvalue weighted by Crippen LogP contribution is -2.49. The van der Waals surface area contributed by atoms with Crippen LogP contribution in [0.25, 0.3) is 0 Å². The van der Waals surface area contributed by atoms with Gasteiger partial charge in [-0.05, 0) is 51.7 Å². The van der Waals surface area contributed by atoms with Gasteiger partial charge in [0.05, 0.1) is 6.54 Å². The lowest BCUT2D eigenvalue weighted by Gasteiger charge is -2.35. The molecule has 0 aromatic rings. The van der Waals surface area contributed by atoms with Crippen LogP contribution in [0.5, 0.6) is 0 Å². The van der Waals surface area contributed by atoms with Crippen molar-refractivity contribution in [2.24, 2.45) is 4.99 Å². The molecule has 0 unspecified atom stereocenters. The maximum Gasteiger partial charge on any atom is 0.191 e. The summed E-state index contributed by atoms with van der Waals surface area (Å²) in [6.07, 6.45) is 9.75. The van der Waals surface area contributed by atoms with Gasteiger partial charge >= 0.3 is 0 Å². The zero-order valence-electron chi connectivity index (χ0n) is 15.8. The third kappa shape index (κ3) is 6.43. The highest BCUT2D eigenvalue weighted by atomic mass is 127. The molecule has 2 aliphatic heterocycles.